The van der Waals surface area contributed by atoms with Gasteiger partial charge in [0.15, 0.2) is 9.84 Å². The SMILES string of the molecule is CNC(=O)N(CC=O)Cc1cnc(-c2ccc(C(CC3CCOCC3)c3ccc(S(=O)(=O)C4CC4)cc3)[nH]2)s1. The second-order valence-electron chi connectivity index (χ2n) is 10.2. The number of H-pyrrole nitrogens is 1. The molecule has 208 valence electrons. The van der Waals surface area contributed by atoms with Gasteiger partial charge in [-0.3, -0.25) is 0 Å². The van der Waals surface area contributed by atoms with E-state index in [0.29, 0.717) is 23.6 Å². The molecule has 3 heterocycles. The van der Waals surface area contributed by atoms with E-state index in [9.17, 15) is 18.0 Å². The Morgan fingerprint density at radius 3 is 2.59 bits per heavy atom. The van der Waals surface area contributed by atoms with Gasteiger partial charge in [0.05, 0.1) is 28.9 Å². The van der Waals surface area contributed by atoms with E-state index in [1.807, 2.05) is 18.2 Å². The Labute approximate surface area is 232 Å². The van der Waals surface area contributed by atoms with E-state index in [2.05, 4.69) is 21.4 Å². The van der Waals surface area contributed by atoms with Crippen molar-refractivity contribution >= 4 is 33.5 Å². The minimum Gasteiger partial charge on any atom is -0.381 e. The quantitative estimate of drug-likeness (QED) is 0.331. The van der Waals surface area contributed by atoms with Crippen LogP contribution < -0.4 is 5.32 Å². The van der Waals surface area contributed by atoms with Crippen LogP contribution in [0.15, 0.2) is 47.5 Å². The maximum atomic E-state index is 12.7. The third-order valence-corrected chi connectivity index (χ3v) is 10.8. The molecule has 1 unspecified atom stereocenters. The molecule has 1 aromatic carbocycles. The zero-order valence-corrected chi connectivity index (χ0v) is 23.6. The summed E-state index contributed by atoms with van der Waals surface area (Å²) in [7, 11) is -1.69. The van der Waals surface area contributed by atoms with Crippen LogP contribution in [0.2, 0.25) is 0 Å². The summed E-state index contributed by atoms with van der Waals surface area (Å²) >= 11 is 1.47. The van der Waals surface area contributed by atoms with E-state index >= 15 is 0 Å². The van der Waals surface area contributed by atoms with Gasteiger partial charge in [-0.2, -0.15) is 0 Å². The molecule has 1 aliphatic carbocycles. The van der Waals surface area contributed by atoms with Crippen LogP contribution in [-0.4, -0.2) is 67.7 Å². The molecular formula is C28H34N4O5S2. The zero-order valence-electron chi connectivity index (χ0n) is 22.0. The van der Waals surface area contributed by atoms with Gasteiger partial charge in [-0.15, -0.1) is 11.3 Å². The molecule has 0 radical (unpaired) electrons. The lowest BCUT2D eigenvalue weighted by Gasteiger charge is -2.27. The summed E-state index contributed by atoms with van der Waals surface area (Å²) < 4.78 is 31.0. The van der Waals surface area contributed by atoms with Gasteiger partial charge in [0, 0.05) is 42.9 Å². The number of aromatic nitrogens is 2. The van der Waals surface area contributed by atoms with Gasteiger partial charge < -0.3 is 24.7 Å². The van der Waals surface area contributed by atoms with Gasteiger partial charge >= 0.3 is 6.03 Å². The number of thiazole rings is 1. The maximum Gasteiger partial charge on any atom is 0.317 e. The minimum atomic E-state index is -3.23. The van der Waals surface area contributed by atoms with E-state index < -0.39 is 9.84 Å². The summed E-state index contributed by atoms with van der Waals surface area (Å²) in [6.07, 6.45) is 6.91. The van der Waals surface area contributed by atoms with Crippen molar-refractivity contribution in [3.05, 3.63) is 58.7 Å². The van der Waals surface area contributed by atoms with Crippen molar-refractivity contribution in [2.45, 2.75) is 54.7 Å². The van der Waals surface area contributed by atoms with Gasteiger partial charge in [-0.05, 0) is 67.9 Å². The average Bonchev–Trinajstić information content (AvgIpc) is 3.54. The van der Waals surface area contributed by atoms with Crippen LogP contribution in [0.3, 0.4) is 0 Å². The highest BCUT2D eigenvalue weighted by Crippen LogP contribution is 2.38. The normalized spacial score (nSPS) is 17.1. The van der Waals surface area contributed by atoms with Crippen LogP contribution in [0.25, 0.3) is 10.7 Å². The fourth-order valence-electron chi connectivity index (χ4n) is 5.12. The highest BCUT2D eigenvalue weighted by atomic mass is 32.2. The molecule has 1 aliphatic heterocycles. The Morgan fingerprint density at radius 2 is 1.92 bits per heavy atom. The maximum absolute atomic E-state index is 12.7. The van der Waals surface area contributed by atoms with E-state index in [1.54, 1.807) is 18.3 Å². The Hall–Kier alpha value is -3.02. The third-order valence-electron chi connectivity index (χ3n) is 7.49. The van der Waals surface area contributed by atoms with Crippen molar-refractivity contribution in [2.24, 2.45) is 5.92 Å². The molecule has 5 rings (SSSR count). The molecule has 1 saturated carbocycles. The standard InChI is InChI=1S/C28H34N4O5S2/c1-29-28(34)32(12-13-33)18-21-17-30-27(38-21)26-9-8-25(31-26)24(16-19-10-14-37-15-11-19)20-2-4-22(5-3-20)39(35,36)23-6-7-23/h2-5,8-9,13,17,19,23-24,31H,6-7,10-12,14-16,18H2,1H3,(H,29,34). The third kappa shape index (κ3) is 6.42. The van der Waals surface area contributed by atoms with E-state index in [-0.39, 0.29) is 23.7 Å². The zero-order chi connectivity index (χ0) is 27.4. The Bertz CT molecular complexity index is 1390. The summed E-state index contributed by atoms with van der Waals surface area (Å²) in [5.74, 6) is 0.598. The minimum absolute atomic E-state index is 0.00813. The summed E-state index contributed by atoms with van der Waals surface area (Å²) in [5.41, 5.74) is 3.02. The highest BCUT2D eigenvalue weighted by Gasteiger charge is 2.37. The molecule has 11 heteroatoms. The number of aldehydes is 1. The number of aromatic amines is 1. The van der Waals surface area contributed by atoms with Crippen molar-refractivity contribution in [1.29, 1.82) is 0 Å². The van der Waals surface area contributed by atoms with Gasteiger partial charge in [0.25, 0.3) is 0 Å². The molecular weight excluding hydrogens is 536 g/mol. The second kappa shape index (κ2) is 12.0. The van der Waals surface area contributed by atoms with Gasteiger partial charge in [-0.25, -0.2) is 18.2 Å². The first-order valence-corrected chi connectivity index (χ1v) is 15.7. The van der Waals surface area contributed by atoms with E-state index in [0.717, 1.165) is 72.2 Å². The number of amides is 2. The Balaban J connectivity index is 1.38. The summed E-state index contributed by atoms with van der Waals surface area (Å²) in [6, 6.07) is 11.2. The molecule has 2 N–H and O–H groups in total. The number of hydrogen-bond donors (Lipinski definition) is 2. The molecule has 2 aliphatic rings. The number of hydrogen-bond acceptors (Lipinski definition) is 7. The Morgan fingerprint density at radius 1 is 1.18 bits per heavy atom. The van der Waals surface area contributed by atoms with Crippen LogP contribution in [0.5, 0.6) is 0 Å². The summed E-state index contributed by atoms with van der Waals surface area (Å²) in [5, 5.41) is 3.13. The number of carbonyl (C=O) groups is 2. The predicted molar refractivity (Wildman–Crippen MR) is 149 cm³/mol. The van der Waals surface area contributed by atoms with Crippen LogP contribution in [0, 0.1) is 5.92 Å². The summed E-state index contributed by atoms with van der Waals surface area (Å²) in [4.78, 5) is 33.9. The molecule has 2 fully saturated rings. The van der Waals surface area contributed by atoms with Crippen molar-refractivity contribution in [3.8, 4) is 10.7 Å². The monoisotopic (exact) mass is 570 g/mol. The first-order valence-electron chi connectivity index (χ1n) is 13.3. The van der Waals surface area contributed by atoms with E-state index in [4.69, 9.17) is 4.74 Å². The topological polar surface area (TPSA) is 121 Å². The number of ether oxygens (including phenoxy) is 1. The highest BCUT2D eigenvalue weighted by molar-refractivity contribution is 7.92. The lowest BCUT2D eigenvalue weighted by atomic mass is 9.83. The van der Waals surface area contributed by atoms with Crippen LogP contribution >= 0.6 is 11.3 Å². The molecule has 0 bridgehead atoms. The van der Waals surface area contributed by atoms with Gasteiger partial charge in [-0.1, -0.05) is 12.1 Å². The number of sulfone groups is 1. The van der Waals surface area contributed by atoms with Crippen molar-refractivity contribution < 1.29 is 22.7 Å². The average molecular weight is 571 g/mol. The number of benzene rings is 1. The van der Waals surface area contributed by atoms with Crippen LogP contribution in [-0.2, 0) is 25.9 Å². The lowest BCUT2D eigenvalue weighted by molar-refractivity contribution is -0.108. The van der Waals surface area contributed by atoms with Crippen molar-refractivity contribution in [3.63, 3.8) is 0 Å². The molecule has 1 atom stereocenters. The van der Waals surface area contributed by atoms with E-state index in [1.165, 1.54) is 23.3 Å². The Kier molecular flexibility index (Phi) is 8.49. The molecule has 9 nitrogen and oxygen atoms in total. The number of rotatable bonds is 11. The smallest absolute Gasteiger partial charge is 0.317 e. The second-order valence-corrected chi connectivity index (χ2v) is 13.6. The fourth-order valence-corrected chi connectivity index (χ4v) is 7.68. The molecule has 2 amide bonds. The molecule has 1 saturated heterocycles. The summed E-state index contributed by atoms with van der Waals surface area (Å²) in [6.45, 7) is 1.84. The van der Waals surface area contributed by atoms with Crippen LogP contribution in [0.1, 0.15) is 54.2 Å². The number of nitrogens with zero attached hydrogens (tertiary/aromatic N) is 2. The fraction of sp³-hybridized carbons (Fsp3) is 0.464. The van der Waals surface area contributed by atoms with Crippen LogP contribution in [0.4, 0.5) is 4.79 Å². The number of carbonyl (C=O) groups excluding carboxylic acids is 2. The first kappa shape index (κ1) is 27.5. The van der Waals surface area contributed by atoms with Gasteiger partial charge in [0.2, 0.25) is 0 Å². The first-order chi connectivity index (χ1) is 18.9. The molecule has 0 spiro atoms. The number of urea groups is 1. The van der Waals surface area contributed by atoms with Gasteiger partial charge in [0.1, 0.15) is 11.3 Å². The van der Waals surface area contributed by atoms with Crippen molar-refractivity contribution in [2.75, 3.05) is 26.8 Å². The van der Waals surface area contributed by atoms with Crippen molar-refractivity contribution in [1.82, 2.24) is 20.2 Å². The largest absolute Gasteiger partial charge is 0.381 e. The molecule has 39 heavy (non-hydrogen) atoms. The lowest BCUT2D eigenvalue weighted by Crippen LogP contribution is -2.38. The number of nitrogens with one attached hydrogen (secondary N) is 2. The molecule has 2 aromatic heterocycles. The molecule has 3 aromatic rings. The predicted octanol–water partition coefficient (Wildman–Crippen LogP) is 4.36.